The summed E-state index contributed by atoms with van der Waals surface area (Å²) >= 11 is 1.70. The SMILES string of the molecule is Cc1c(C#N)c(NC(=O)C[NH+]2CCC[C@H]3CCCC[C@@H]32)n(Cc2cccs2)c1C. The largest absolute Gasteiger partial charge is 0.325 e. The average Bonchev–Trinajstić information content (AvgIpc) is 3.31. The van der Waals surface area contributed by atoms with Crippen molar-refractivity contribution in [1.29, 1.82) is 5.26 Å². The monoisotopic (exact) mass is 411 g/mol. The van der Waals surface area contributed by atoms with Gasteiger partial charge in [-0.25, -0.2) is 0 Å². The number of likely N-dealkylation sites (tertiary alicyclic amines) is 1. The number of quaternary nitrogens is 1. The molecule has 3 atom stereocenters. The molecule has 1 unspecified atom stereocenters. The molecule has 2 aliphatic rings. The van der Waals surface area contributed by atoms with Crippen LogP contribution in [-0.4, -0.2) is 29.6 Å². The van der Waals surface area contributed by atoms with Gasteiger partial charge in [0.15, 0.2) is 6.54 Å². The zero-order chi connectivity index (χ0) is 20.4. The van der Waals surface area contributed by atoms with Gasteiger partial charge >= 0.3 is 0 Å². The zero-order valence-corrected chi connectivity index (χ0v) is 18.3. The van der Waals surface area contributed by atoms with Crippen LogP contribution in [0, 0.1) is 31.1 Å². The molecule has 1 aliphatic heterocycles. The lowest BCUT2D eigenvalue weighted by atomic mass is 9.78. The van der Waals surface area contributed by atoms with Crippen molar-refractivity contribution in [1.82, 2.24) is 4.57 Å². The highest BCUT2D eigenvalue weighted by molar-refractivity contribution is 7.09. The number of thiophene rings is 1. The van der Waals surface area contributed by atoms with Crippen LogP contribution in [0.4, 0.5) is 5.82 Å². The quantitative estimate of drug-likeness (QED) is 0.793. The summed E-state index contributed by atoms with van der Waals surface area (Å²) in [5.41, 5.74) is 2.59. The van der Waals surface area contributed by atoms with Crippen LogP contribution in [-0.2, 0) is 11.3 Å². The Labute approximate surface area is 177 Å². The molecule has 0 aromatic carbocycles. The third-order valence-electron chi connectivity index (χ3n) is 6.99. The van der Waals surface area contributed by atoms with Gasteiger partial charge in [0, 0.05) is 16.5 Å². The molecule has 4 rings (SSSR count). The van der Waals surface area contributed by atoms with Gasteiger partial charge in [-0.1, -0.05) is 12.5 Å². The predicted octanol–water partition coefficient (Wildman–Crippen LogP) is 3.26. The van der Waals surface area contributed by atoms with Gasteiger partial charge in [-0.3, -0.25) is 4.79 Å². The van der Waals surface area contributed by atoms with Gasteiger partial charge in [0.05, 0.1) is 24.7 Å². The summed E-state index contributed by atoms with van der Waals surface area (Å²) < 4.78 is 2.09. The summed E-state index contributed by atoms with van der Waals surface area (Å²) in [5.74, 6) is 1.49. The summed E-state index contributed by atoms with van der Waals surface area (Å²) in [5, 5.41) is 14.9. The molecule has 1 saturated heterocycles. The Morgan fingerprint density at radius 3 is 2.86 bits per heavy atom. The Kier molecular flexibility index (Phi) is 6.07. The predicted molar refractivity (Wildman–Crippen MR) is 116 cm³/mol. The molecule has 1 saturated carbocycles. The first-order chi connectivity index (χ1) is 14.1. The van der Waals surface area contributed by atoms with Gasteiger partial charge in [-0.2, -0.15) is 5.26 Å². The van der Waals surface area contributed by atoms with Crippen molar-refractivity contribution in [3.63, 3.8) is 0 Å². The second-order valence-electron chi connectivity index (χ2n) is 8.64. The molecule has 3 heterocycles. The Morgan fingerprint density at radius 1 is 1.31 bits per heavy atom. The number of amides is 1. The van der Waals surface area contributed by atoms with Crippen molar-refractivity contribution in [2.75, 3.05) is 18.4 Å². The molecule has 1 amide bonds. The summed E-state index contributed by atoms with van der Waals surface area (Å²) in [6.45, 7) is 6.28. The van der Waals surface area contributed by atoms with Gasteiger partial charge in [0.25, 0.3) is 5.91 Å². The molecule has 1 aliphatic carbocycles. The number of rotatable bonds is 5. The van der Waals surface area contributed by atoms with E-state index in [1.807, 2.05) is 19.9 Å². The molecule has 0 bridgehead atoms. The van der Waals surface area contributed by atoms with Crippen LogP contribution < -0.4 is 10.2 Å². The molecule has 29 heavy (non-hydrogen) atoms. The van der Waals surface area contributed by atoms with Crippen LogP contribution in [0.15, 0.2) is 17.5 Å². The third-order valence-corrected chi connectivity index (χ3v) is 7.85. The number of piperidine rings is 1. The fraction of sp³-hybridized carbons (Fsp3) is 0.565. The van der Waals surface area contributed by atoms with E-state index in [2.05, 4.69) is 27.4 Å². The highest BCUT2D eigenvalue weighted by Gasteiger charge is 2.37. The van der Waals surface area contributed by atoms with Crippen molar-refractivity contribution in [2.24, 2.45) is 5.92 Å². The number of hydrogen-bond donors (Lipinski definition) is 2. The molecule has 6 heteroatoms. The van der Waals surface area contributed by atoms with E-state index in [1.165, 1.54) is 48.3 Å². The standard InChI is InChI=1S/C23H30N4OS/c1-16-17(2)27(14-19-9-6-12-29-19)23(20(16)13-24)25-22(28)15-26-11-5-8-18-7-3-4-10-21(18)26/h6,9,12,18,21H,3-5,7-8,10-11,14-15H2,1-2H3,(H,25,28)/p+1/t18-,21+/m1/s1. The number of fused-ring (bicyclic) bond motifs is 1. The Balaban J connectivity index is 1.53. The van der Waals surface area contributed by atoms with Crippen LogP contribution >= 0.6 is 11.3 Å². The molecule has 2 N–H and O–H groups in total. The fourth-order valence-electron chi connectivity index (χ4n) is 5.36. The van der Waals surface area contributed by atoms with E-state index in [0.717, 1.165) is 23.7 Å². The molecule has 5 nitrogen and oxygen atoms in total. The highest BCUT2D eigenvalue weighted by Crippen LogP contribution is 2.29. The lowest BCUT2D eigenvalue weighted by Gasteiger charge is -2.40. The van der Waals surface area contributed by atoms with Crippen molar-refractivity contribution >= 4 is 23.1 Å². The highest BCUT2D eigenvalue weighted by atomic mass is 32.1. The minimum atomic E-state index is 0.0349. The van der Waals surface area contributed by atoms with Crippen molar-refractivity contribution in [3.8, 4) is 6.07 Å². The summed E-state index contributed by atoms with van der Waals surface area (Å²) in [7, 11) is 0. The average molecular weight is 412 g/mol. The van der Waals surface area contributed by atoms with Gasteiger partial charge in [-0.15, -0.1) is 11.3 Å². The number of hydrogen-bond acceptors (Lipinski definition) is 3. The van der Waals surface area contributed by atoms with E-state index in [1.54, 1.807) is 11.3 Å². The minimum absolute atomic E-state index is 0.0349. The van der Waals surface area contributed by atoms with Crippen molar-refractivity contribution in [3.05, 3.63) is 39.2 Å². The number of carbonyl (C=O) groups excluding carboxylic acids is 1. The van der Waals surface area contributed by atoms with Crippen LogP contribution in [0.5, 0.6) is 0 Å². The maximum Gasteiger partial charge on any atom is 0.280 e. The van der Waals surface area contributed by atoms with E-state index in [-0.39, 0.29) is 5.91 Å². The zero-order valence-electron chi connectivity index (χ0n) is 17.5. The number of nitrogens with zero attached hydrogens (tertiary/aromatic N) is 2. The van der Waals surface area contributed by atoms with Crippen LogP contribution in [0.3, 0.4) is 0 Å². The van der Waals surface area contributed by atoms with Crippen LogP contribution in [0.25, 0.3) is 0 Å². The van der Waals surface area contributed by atoms with Gasteiger partial charge in [0.2, 0.25) is 0 Å². The van der Waals surface area contributed by atoms with E-state index < -0.39 is 0 Å². The first kappa shape index (κ1) is 20.2. The molecular weight excluding hydrogens is 380 g/mol. The smallest absolute Gasteiger partial charge is 0.280 e. The number of aromatic nitrogens is 1. The van der Waals surface area contributed by atoms with Gasteiger partial charge in [0.1, 0.15) is 11.9 Å². The van der Waals surface area contributed by atoms with Crippen molar-refractivity contribution in [2.45, 2.75) is 65.0 Å². The minimum Gasteiger partial charge on any atom is -0.325 e. The molecule has 2 aromatic rings. The molecule has 2 fully saturated rings. The topological polar surface area (TPSA) is 62.3 Å². The number of anilines is 1. The molecule has 2 aromatic heterocycles. The number of carbonyl (C=O) groups is 1. The molecular formula is C23H31N4OS+. The molecule has 0 spiro atoms. The maximum atomic E-state index is 13.0. The van der Waals surface area contributed by atoms with E-state index in [0.29, 0.717) is 30.5 Å². The normalized spacial score (nSPS) is 24.0. The third kappa shape index (κ3) is 4.12. The number of nitriles is 1. The second-order valence-corrected chi connectivity index (χ2v) is 9.67. The Bertz CT molecular complexity index is 906. The first-order valence-electron chi connectivity index (χ1n) is 10.8. The molecule has 154 valence electrons. The Hall–Kier alpha value is -2.10. The van der Waals surface area contributed by atoms with Crippen LogP contribution in [0.2, 0.25) is 0 Å². The second kappa shape index (κ2) is 8.73. The fourth-order valence-corrected chi connectivity index (χ4v) is 6.05. The summed E-state index contributed by atoms with van der Waals surface area (Å²) in [6.07, 6.45) is 7.78. The van der Waals surface area contributed by atoms with Gasteiger partial charge < -0.3 is 14.8 Å². The van der Waals surface area contributed by atoms with E-state index in [9.17, 15) is 10.1 Å². The maximum absolute atomic E-state index is 13.0. The van der Waals surface area contributed by atoms with Crippen molar-refractivity contribution < 1.29 is 9.69 Å². The summed E-state index contributed by atoms with van der Waals surface area (Å²) in [4.78, 5) is 15.7. The van der Waals surface area contributed by atoms with Crippen LogP contribution in [0.1, 0.15) is 60.2 Å². The molecule has 0 radical (unpaired) electrons. The summed E-state index contributed by atoms with van der Waals surface area (Å²) in [6, 6.07) is 7.09. The number of nitrogens with one attached hydrogen (secondary N) is 2. The lowest BCUT2D eigenvalue weighted by molar-refractivity contribution is -0.928. The van der Waals surface area contributed by atoms with E-state index in [4.69, 9.17) is 0 Å². The van der Waals surface area contributed by atoms with E-state index >= 15 is 0 Å². The Morgan fingerprint density at radius 2 is 2.10 bits per heavy atom. The first-order valence-corrected chi connectivity index (χ1v) is 11.7. The van der Waals surface area contributed by atoms with Gasteiger partial charge in [-0.05, 0) is 63.0 Å². The lowest BCUT2D eigenvalue weighted by Crippen LogP contribution is -3.18.